The normalized spacial score (nSPS) is 10.2. The second kappa shape index (κ2) is 12.9. The molecule has 0 bridgehead atoms. The molecular formula is C26H23ClN2O6. The van der Waals surface area contributed by atoms with Gasteiger partial charge in [0, 0.05) is 5.02 Å². The Balaban J connectivity index is 1.33. The molecule has 180 valence electrons. The largest absolute Gasteiger partial charge is 0.460 e. The van der Waals surface area contributed by atoms with E-state index in [9.17, 15) is 19.2 Å². The molecule has 0 saturated heterocycles. The van der Waals surface area contributed by atoms with Gasteiger partial charge >= 0.3 is 11.9 Å². The first-order valence-electron chi connectivity index (χ1n) is 10.7. The number of halogens is 1. The molecule has 3 aromatic rings. The molecule has 0 saturated carbocycles. The second-order valence-electron chi connectivity index (χ2n) is 7.42. The van der Waals surface area contributed by atoms with Crippen LogP contribution in [0.5, 0.6) is 5.75 Å². The minimum atomic E-state index is -0.639. The molecule has 3 aromatic carbocycles. The third-order valence-electron chi connectivity index (χ3n) is 4.70. The molecule has 8 nitrogen and oxygen atoms in total. The van der Waals surface area contributed by atoms with Crippen LogP contribution in [0.3, 0.4) is 0 Å². The minimum absolute atomic E-state index is 0.0327. The van der Waals surface area contributed by atoms with E-state index in [1.807, 2.05) is 30.3 Å². The summed E-state index contributed by atoms with van der Waals surface area (Å²) in [5.74, 6) is -1.61. The molecule has 0 unspecified atom stereocenters. The number of carbonyl (C=O) groups excluding carboxylic acids is 4. The smallest absolute Gasteiger partial charge is 0.343 e. The zero-order valence-electron chi connectivity index (χ0n) is 18.7. The summed E-state index contributed by atoms with van der Waals surface area (Å²) in [6, 6.07) is 21.9. The number of nitrogens with one attached hydrogen (secondary N) is 2. The van der Waals surface area contributed by atoms with Gasteiger partial charge in [0.25, 0.3) is 0 Å². The Hall–Kier alpha value is -4.17. The zero-order valence-corrected chi connectivity index (χ0v) is 19.4. The summed E-state index contributed by atoms with van der Waals surface area (Å²) >= 11 is 5.81. The number of amides is 2. The lowest BCUT2D eigenvalue weighted by Gasteiger charge is -2.08. The van der Waals surface area contributed by atoms with Gasteiger partial charge in [-0.05, 0) is 47.5 Å². The van der Waals surface area contributed by atoms with Gasteiger partial charge in [0.05, 0.1) is 18.5 Å². The van der Waals surface area contributed by atoms with Crippen molar-refractivity contribution in [1.29, 1.82) is 0 Å². The lowest BCUT2D eigenvalue weighted by atomic mass is 10.1. The third kappa shape index (κ3) is 8.94. The van der Waals surface area contributed by atoms with Crippen LogP contribution in [-0.2, 0) is 32.1 Å². The van der Waals surface area contributed by atoms with Gasteiger partial charge in [0.2, 0.25) is 11.8 Å². The van der Waals surface area contributed by atoms with Crippen molar-refractivity contribution in [1.82, 2.24) is 10.6 Å². The Bertz CT molecular complexity index is 1160. The predicted molar refractivity (Wildman–Crippen MR) is 129 cm³/mol. The molecule has 2 N–H and O–H groups in total. The van der Waals surface area contributed by atoms with E-state index in [1.54, 1.807) is 48.5 Å². The van der Waals surface area contributed by atoms with Gasteiger partial charge in [-0.1, -0.05) is 54.1 Å². The van der Waals surface area contributed by atoms with Gasteiger partial charge in [-0.2, -0.15) is 0 Å². The third-order valence-corrected chi connectivity index (χ3v) is 4.95. The van der Waals surface area contributed by atoms with E-state index in [2.05, 4.69) is 10.6 Å². The summed E-state index contributed by atoms with van der Waals surface area (Å²) in [5.41, 5.74) is 1.82. The molecule has 0 aliphatic rings. The van der Waals surface area contributed by atoms with E-state index in [0.29, 0.717) is 21.9 Å². The van der Waals surface area contributed by atoms with Crippen LogP contribution in [0, 0.1) is 0 Å². The molecule has 35 heavy (non-hydrogen) atoms. The number of benzene rings is 3. The number of ether oxygens (including phenoxy) is 2. The van der Waals surface area contributed by atoms with Crippen LogP contribution in [0.25, 0.3) is 0 Å². The molecule has 0 radical (unpaired) electrons. The van der Waals surface area contributed by atoms with Crippen LogP contribution in [0.2, 0.25) is 5.02 Å². The standard InChI is InChI=1S/C26H23ClN2O6/c27-21-10-12-22(13-11-21)35-26(33)20-8-6-19(7-9-20)17-34-25(32)16-29-24(31)15-28-23(30)14-18-4-2-1-3-5-18/h1-13H,14-17H2,(H,28,30)(H,29,31). The molecule has 0 spiro atoms. The summed E-state index contributed by atoms with van der Waals surface area (Å²) in [6.45, 7) is -0.611. The maximum atomic E-state index is 12.2. The topological polar surface area (TPSA) is 111 Å². The fourth-order valence-corrected chi connectivity index (χ4v) is 3.00. The average Bonchev–Trinajstić information content (AvgIpc) is 2.87. The molecule has 0 fully saturated rings. The summed E-state index contributed by atoms with van der Waals surface area (Å²) in [4.78, 5) is 47.8. The Labute approximate surface area is 207 Å². The summed E-state index contributed by atoms with van der Waals surface area (Å²) in [6.07, 6.45) is 0.161. The fraction of sp³-hybridized carbons (Fsp3) is 0.154. The van der Waals surface area contributed by atoms with E-state index in [4.69, 9.17) is 21.1 Å². The molecule has 0 atom stereocenters. The van der Waals surface area contributed by atoms with Crippen molar-refractivity contribution in [3.63, 3.8) is 0 Å². The maximum absolute atomic E-state index is 12.2. The summed E-state index contributed by atoms with van der Waals surface area (Å²) in [7, 11) is 0. The van der Waals surface area contributed by atoms with Crippen molar-refractivity contribution in [2.24, 2.45) is 0 Å². The number of rotatable bonds is 10. The number of esters is 2. The molecule has 2 amide bonds. The molecular weight excluding hydrogens is 472 g/mol. The van der Waals surface area contributed by atoms with Crippen molar-refractivity contribution in [2.75, 3.05) is 13.1 Å². The first-order valence-corrected chi connectivity index (χ1v) is 11.1. The maximum Gasteiger partial charge on any atom is 0.343 e. The highest BCUT2D eigenvalue weighted by Gasteiger charge is 2.11. The minimum Gasteiger partial charge on any atom is -0.460 e. The molecule has 9 heteroatoms. The van der Waals surface area contributed by atoms with Gasteiger partial charge in [0.1, 0.15) is 18.9 Å². The van der Waals surface area contributed by atoms with Crippen molar-refractivity contribution in [3.8, 4) is 5.75 Å². The van der Waals surface area contributed by atoms with E-state index >= 15 is 0 Å². The summed E-state index contributed by atoms with van der Waals surface area (Å²) < 4.78 is 10.4. The second-order valence-corrected chi connectivity index (χ2v) is 7.85. The Morgan fingerprint density at radius 3 is 2.06 bits per heavy atom. The molecule has 0 aromatic heterocycles. The summed E-state index contributed by atoms with van der Waals surface area (Å²) in [5, 5.41) is 5.42. The van der Waals surface area contributed by atoms with Crippen LogP contribution in [0.1, 0.15) is 21.5 Å². The molecule has 0 heterocycles. The lowest BCUT2D eigenvalue weighted by Crippen LogP contribution is -2.39. The number of hydrogen-bond acceptors (Lipinski definition) is 6. The van der Waals surface area contributed by atoms with E-state index < -0.39 is 17.8 Å². The Morgan fingerprint density at radius 1 is 0.714 bits per heavy atom. The van der Waals surface area contributed by atoms with E-state index in [1.165, 1.54) is 0 Å². The Morgan fingerprint density at radius 2 is 1.37 bits per heavy atom. The van der Waals surface area contributed by atoms with E-state index in [0.717, 1.165) is 5.56 Å². The highest BCUT2D eigenvalue weighted by molar-refractivity contribution is 6.30. The highest BCUT2D eigenvalue weighted by Crippen LogP contribution is 2.17. The number of hydrogen-bond donors (Lipinski definition) is 2. The Kier molecular flexibility index (Phi) is 9.39. The van der Waals surface area contributed by atoms with Crippen molar-refractivity contribution in [3.05, 3.63) is 101 Å². The van der Waals surface area contributed by atoms with Gasteiger partial charge in [0.15, 0.2) is 0 Å². The van der Waals surface area contributed by atoms with Crippen molar-refractivity contribution in [2.45, 2.75) is 13.0 Å². The zero-order chi connectivity index (χ0) is 25.0. The molecule has 0 aliphatic heterocycles. The lowest BCUT2D eigenvalue weighted by molar-refractivity contribution is -0.145. The monoisotopic (exact) mass is 494 g/mol. The molecule has 3 rings (SSSR count). The average molecular weight is 495 g/mol. The van der Waals surface area contributed by atoms with Crippen molar-refractivity contribution < 1.29 is 28.7 Å². The van der Waals surface area contributed by atoms with Crippen LogP contribution in [0.4, 0.5) is 0 Å². The van der Waals surface area contributed by atoms with Crippen LogP contribution < -0.4 is 15.4 Å². The fourth-order valence-electron chi connectivity index (χ4n) is 2.88. The SMILES string of the molecule is O=C(CNC(=O)Cc1ccccc1)NCC(=O)OCc1ccc(C(=O)Oc2ccc(Cl)cc2)cc1. The van der Waals surface area contributed by atoms with Crippen LogP contribution >= 0.6 is 11.6 Å². The highest BCUT2D eigenvalue weighted by atomic mass is 35.5. The quantitative estimate of drug-likeness (QED) is 0.331. The van der Waals surface area contributed by atoms with Gasteiger partial charge in [-0.25, -0.2) is 4.79 Å². The van der Waals surface area contributed by atoms with Crippen LogP contribution in [-0.4, -0.2) is 36.8 Å². The first-order chi connectivity index (χ1) is 16.9. The van der Waals surface area contributed by atoms with Gasteiger partial charge in [-0.3, -0.25) is 14.4 Å². The van der Waals surface area contributed by atoms with Crippen LogP contribution in [0.15, 0.2) is 78.9 Å². The van der Waals surface area contributed by atoms with Crippen molar-refractivity contribution >= 4 is 35.4 Å². The molecule has 0 aliphatic carbocycles. The number of carbonyl (C=O) groups is 4. The predicted octanol–water partition coefficient (Wildman–Crippen LogP) is 3.08. The van der Waals surface area contributed by atoms with Gasteiger partial charge in [-0.15, -0.1) is 0 Å². The van der Waals surface area contributed by atoms with E-state index in [-0.39, 0.29) is 32.0 Å². The van der Waals surface area contributed by atoms with Gasteiger partial charge < -0.3 is 20.1 Å². The first kappa shape index (κ1) is 25.5.